The number of para-hydroxylation sites is 1. The molecule has 0 aliphatic carbocycles. The minimum atomic E-state index is 0.464. The highest BCUT2D eigenvalue weighted by molar-refractivity contribution is 9.10. The van der Waals surface area contributed by atoms with Crippen molar-refractivity contribution in [2.75, 3.05) is 11.6 Å². The summed E-state index contributed by atoms with van der Waals surface area (Å²) < 4.78 is 0.995. The van der Waals surface area contributed by atoms with E-state index >= 15 is 0 Å². The summed E-state index contributed by atoms with van der Waals surface area (Å²) in [5, 5.41) is 1.23. The van der Waals surface area contributed by atoms with Gasteiger partial charge < -0.3 is 4.90 Å². The van der Waals surface area contributed by atoms with E-state index in [2.05, 4.69) is 20.9 Å². The minimum Gasteiger partial charge on any atom is -0.319 e. The summed E-state index contributed by atoms with van der Waals surface area (Å²) in [6.45, 7) is 0.464. The molecule has 0 bridgehead atoms. The summed E-state index contributed by atoms with van der Waals surface area (Å²) in [5.74, 6) is 0. The molecule has 0 saturated carbocycles. The summed E-state index contributed by atoms with van der Waals surface area (Å²) >= 11 is 15.9. The van der Waals surface area contributed by atoms with Crippen LogP contribution in [-0.2, 0) is 0 Å². The molecule has 0 radical (unpaired) electrons. The van der Waals surface area contributed by atoms with E-state index in [9.17, 15) is 0 Å². The number of fused-ring (bicyclic) bond motifs is 1. The van der Waals surface area contributed by atoms with Gasteiger partial charge in [0.15, 0.2) is 0 Å². The molecule has 0 aromatic heterocycles. The number of anilines is 2. The molecule has 0 spiro atoms. The van der Waals surface area contributed by atoms with Crippen molar-refractivity contribution < 1.29 is 0 Å². The first-order valence-corrected chi connectivity index (χ1v) is 7.23. The Hall–Kier alpha value is -1.03. The molecule has 2 nitrogen and oxygen atoms in total. The number of hydrogen-bond acceptors (Lipinski definition) is 2. The van der Waals surface area contributed by atoms with Crippen LogP contribution in [0.5, 0.6) is 0 Å². The summed E-state index contributed by atoms with van der Waals surface area (Å²) in [4.78, 5) is 6.38. The lowest BCUT2D eigenvalue weighted by Crippen LogP contribution is -2.24. The highest BCUT2D eigenvalue weighted by atomic mass is 79.9. The Kier molecular flexibility index (Phi) is 3.52. The van der Waals surface area contributed by atoms with Crippen molar-refractivity contribution in [3.63, 3.8) is 0 Å². The lowest BCUT2D eigenvalue weighted by molar-refractivity contribution is 0.968. The molecule has 3 rings (SSSR count). The molecule has 1 aliphatic rings. The molecule has 0 amide bonds. The molecular formula is C14H9BrCl2N2. The monoisotopic (exact) mass is 354 g/mol. The van der Waals surface area contributed by atoms with Gasteiger partial charge in [0.25, 0.3) is 0 Å². The normalized spacial score (nSPS) is 14.1. The highest BCUT2D eigenvalue weighted by Crippen LogP contribution is 2.37. The van der Waals surface area contributed by atoms with Gasteiger partial charge in [-0.25, -0.2) is 0 Å². The second-order valence-electron chi connectivity index (χ2n) is 4.13. The van der Waals surface area contributed by atoms with Gasteiger partial charge in [-0.1, -0.05) is 51.3 Å². The topological polar surface area (TPSA) is 15.6 Å². The van der Waals surface area contributed by atoms with Crippen LogP contribution in [0, 0.1) is 0 Å². The van der Waals surface area contributed by atoms with Gasteiger partial charge in [-0.05, 0) is 30.3 Å². The third-order valence-corrected chi connectivity index (χ3v) is 4.10. The van der Waals surface area contributed by atoms with E-state index in [4.69, 9.17) is 23.2 Å². The molecule has 0 fully saturated rings. The number of benzene rings is 2. The second kappa shape index (κ2) is 5.16. The molecule has 0 unspecified atom stereocenters. The van der Waals surface area contributed by atoms with Crippen LogP contribution in [0.2, 0.25) is 5.02 Å². The molecule has 96 valence electrons. The molecule has 0 atom stereocenters. The summed E-state index contributed by atoms with van der Waals surface area (Å²) in [6.07, 6.45) is 0. The SMILES string of the molecule is ClC1=NCN(c2ccccc2Cl)c2cc(Br)ccc21. The van der Waals surface area contributed by atoms with Crippen molar-refractivity contribution in [1.82, 2.24) is 0 Å². The number of hydrogen-bond donors (Lipinski definition) is 0. The van der Waals surface area contributed by atoms with Crippen molar-refractivity contribution in [1.29, 1.82) is 0 Å². The van der Waals surface area contributed by atoms with Gasteiger partial charge in [0.05, 0.1) is 16.4 Å². The van der Waals surface area contributed by atoms with E-state index in [1.165, 1.54) is 0 Å². The van der Waals surface area contributed by atoms with Crippen molar-refractivity contribution in [2.45, 2.75) is 0 Å². The zero-order chi connectivity index (χ0) is 13.4. The first-order valence-electron chi connectivity index (χ1n) is 5.69. The van der Waals surface area contributed by atoms with Crippen LogP contribution < -0.4 is 4.90 Å². The van der Waals surface area contributed by atoms with Gasteiger partial charge in [-0.3, -0.25) is 4.99 Å². The average Bonchev–Trinajstić information content (AvgIpc) is 2.40. The van der Waals surface area contributed by atoms with Crippen LogP contribution in [0.4, 0.5) is 11.4 Å². The van der Waals surface area contributed by atoms with E-state index in [1.54, 1.807) is 0 Å². The Morgan fingerprint density at radius 2 is 1.84 bits per heavy atom. The first-order chi connectivity index (χ1) is 9.16. The number of aliphatic imine (C=N–C) groups is 1. The van der Waals surface area contributed by atoms with Crippen LogP contribution in [0.25, 0.3) is 0 Å². The third kappa shape index (κ3) is 2.38. The van der Waals surface area contributed by atoms with Gasteiger partial charge in [0.2, 0.25) is 0 Å². The van der Waals surface area contributed by atoms with E-state index in [1.807, 2.05) is 47.4 Å². The molecule has 19 heavy (non-hydrogen) atoms. The Labute approximate surface area is 129 Å². The molecule has 1 heterocycles. The third-order valence-electron chi connectivity index (χ3n) is 2.97. The quantitative estimate of drug-likeness (QED) is 0.686. The maximum atomic E-state index is 6.27. The van der Waals surface area contributed by atoms with Crippen LogP contribution in [-0.4, -0.2) is 11.8 Å². The van der Waals surface area contributed by atoms with Gasteiger partial charge in [0, 0.05) is 10.0 Å². The Morgan fingerprint density at radius 3 is 2.63 bits per heavy atom. The molecule has 2 aromatic rings. The Bertz CT molecular complexity index is 670. The maximum absolute atomic E-state index is 6.27. The van der Waals surface area contributed by atoms with E-state index < -0.39 is 0 Å². The average molecular weight is 356 g/mol. The highest BCUT2D eigenvalue weighted by Gasteiger charge is 2.21. The van der Waals surface area contributed by atoms with E-state index in [-0.39, 0.29) is 0 Å². The largest absolute Gasteiger partial charge is 0.319 e. The molecule has 1 aliphatic heterocycles. The van der Waals surface area contributed by atoms with Crippen LogP contribution >= 0.6 is 39.1 Å². The van der Waals surface area contributed by atoms with Crippen LogP contribution in [0.1, 0.15) is 5.56 Å². The van der Waals surface area contributed by atoms with E-state index in [0.29, 0.717) is 16.9 Å². The fraction of sp³-hybridized carbons (Fsp3) is 0.0714. The summed E-state index contributed by atoms with van der Waals surface area (Å²) in [5.41, 5.74) is 2.84. The smallest absolute Gasteiger partial charge is 0.135 e. The maximum Gasteiger partial charge on any atom is 0.135 e. The predicted octanol–water partition coefficient (Wildman–Crippen LogP) is 5.20. The van der Waals surface area contributed by atoms with Gasteiger partial charge in [0.1, 0.15) is 11.8 Å². The fourth-order valence-corrected chi connectivity index (χ4v) is 2.87. The van der Waals surface area contributed by atoms with Crippen LogP contribution in [0.15, 0.2) is 51.9 Å². The zero-order valence-corrected chi connectivity index (χ0v) is 12.9. The molecule has 5 heteroatoms. The molecule has 2 aromatic carbocycles. The molecular weight excluding hydrogens is 347 g/mol. The summed E-state index contributed by atoms with van der Waals surface area (Å²) in [7, 11) is 0. The Morgan fingerprint density at radius 1 is 1.05 bits per heavy atom. The molecule has 0 N–H and O–H groups in total. The molecule has 0 saturated heterocycles. The predicted molar refractivity (Wildman–Crippen MR) is 85.0 cm³/mol. The van der Waals surface area contributed by atoms with Crippen molar-refractivity contribution >= 4 is 55.7 Å². The fourth-order valence-electron chi connectivity index (χ4n) is 2.07. The number of nitrogens with zero attached hydrogens (tertiary/aromatic N) is 2. The zero-order valence-electron chi connectivity index (χ0n) is 9.78. The lowest BCUT2D eigenvalue weighted by atomic mass is 10.1. The van der Waals surface area contributed by atoms with Crippen molar-refractivity contribution in [3.8, 4) is 0 Å². The van der Waals surface area contributed by atoms with E-state index in [0.717, 1.165) is 21.4 Å². The second-order valence-corrected chi connectivity index (χ2v) is 5.81. The summed E-state index contributed by atoms with van der Waals surface area (Å²) in [6, 6.07) is 13.6. The van der Waals surface area contributed by atoms with Crippen molar-refractivity contribution in [3.05, 3.63) is 57.5 Å². The van der Waals surface area contributed by atoms with Crippen molar-refractivity contribution in [2.24, 2.45) is 4.99 Å². The lowest BCUT2D eigenvalue weighted by Gasteiger charge is -2.29. The van der Waals surface area contributed by atoms with Gasteiger partial charge >= 0.3 is 0 Å². The number of halogens is 3. The standard InChI is InChI=1S/C14H9BrCl2N2/c15-9-5-6-10-13(7-9)19(8-18-14(10)17)12-4-2-1-3-11(12)16/h1-7H,8H2. The van der Waals surface area contributed by atoms with Gasteiger partial charge in [-0.2, -0.15) is 0 Å². The van der Waals surface area contributed by atoms with Crippen LogP contribution in [0.3, 0.4) is 0 Å². The van der Waals surface area contributed by atoms with Gasteiger partial charge in [-0.15, -0.1) is 0 Å². The Balaban J connectivity index is 2.17. The first kappa shape index (κ1) is 13.0. The number of rotatable bonds is 1. The minimum absolute atomic E-state index is 0.464.